The number of ether oxygens (including phenoxy) is 1. The number of nitrogens with one attached hydrogen (secondary N) is 2. The van der Waals surface area contributed by atoms with Crippen LogP contribution in [0.4, 0.5) is 10.5 Å². The fourth-order valence-corrected chi connectivity index (χ4v) is 1.35. The van der Waals surface area contributed by atoms with Crippen molar-refractivity contribution in [2.75, 3.05) is 18.4 Å². The van der Waals surface area contributed by atoms with Gasteiger partial charge in [-0.15, -0.1) is 0 Å². The summed E-state index contributed by atoms with van der Waals surface area (Å²) in [5.74, 6) is 0. The molecule has 0 bridgehead atoms. The highest BCUT2D eigenvalue weighted by molar-refractivity contribution is 5.67. The number of rotatable bonds is 4. The summed E-state index contributed by atoms with van der Waals surface area (Å²) < 4.78 is 5.11. The second-order valence-electron chi connectivity index (χ2n) is 5.04. The predicted molar refractivity (Wildman–Crippen MR) is 73.9 cm³/mol. The van der Waals surface area contributed by atoms with Gasteiger partial charge in [-0.25, -0.2) is 4.79 Å². The zero-order chi connectivity index (χ0) is 14.3. The number of carbonyl (C=O) groups is 1. The fraction of sp³-hybridized carbons (Fsp3) is 0.429. The van der Waals surface area contributed by atoms with Crippen LogP contribution >= 0.6 is 0 Å². The molecule has 0 atom stereocenters. The molecule has 0 fully saturated rings. The standard InChI is InChI=1S/C14H19N3O2/c1-14(2,3)19-13(18)17-9-8-16-12-6-4-11(10-15)5-7-12/h4-7,16H,8-9H2,1-3H3,(H,17,18). The van der Waals surface area contributed by atoms with Gasteiger partial charge in [0.05, 0.1) is 11.6 Å². The van der Waals surface area contributed by atoms with E-state index in [-0.39, 0.29) is 0 Å². The monoisotopic (exact) mass is 261 g/mol. The van der Waals surface area contributed by atoms with Crippen molar-refractivity contribution in [3.05, 3.63) is 29.8 Å². The largest absolute Gasteiger partial charge is 0.444 e. The average Bonchev–Trinajstić information content (AvgIpc) is 2.33. The van der Waals surface area contributed by atoms with E-state index in [4.69, 9.17) is 10.00 Å². The number of hydrogen-bond donors (Lipinski definition) is 2. The molecule has 5 nitrogen and oxygen atoms in total. The normalized spacial score (nSPS) is 10.4. The van der Waals surface area contributed by atoms with Crippen LogP contribution < -0.4 is 10.6 Å². The van der Waals surface area contributed by atoms with Gasteiger partial charge < -0.3 is 15.4 Å². The van der Waals surface area contributed by atoms with Crippen LogP contribution in [0.15, 0.2) is 24.3 Å². The molecule has 19 heavy (non-hydrogen) atoms. The van der Waals surface area contributed by atoms with Gasteiger partial charge in [-0.1, -0.05) is 0 Å². The maximum absolute atomic E-state index is 11.4. The van der Waals surface area contributed by atoms with Crippen molar-refractivity contribution in [3.63, 3.8) is 0 Å². The van der Waals surface area contributed by atoms with E-state index in [1.165, 1.54) is 0 Å². The maximum atomic E-state index is 11.4. The van der Waals surface area contributed by atoms with Gasteiger partial charge in [-0.3, -0.25) is 0 Å². The van der Waals surface area contributed by atoms with Gasteiger partial charge in [0.2, 0.25) is 0 Å². The lowest BCUT2D eigenvalue weighted by atomic mass is 10.2. The van der Waals surface area contributed by atoms with E-state index >= 15 is 0 Å². The minimum atomic E-state index is -0.482. The highest BCUT2D eigenvalue weighted by Crippen LogP contribution is 2.08. The molecule has 0 saturated heterocycles. The lowest BCUT2D eigenvalue weighted by molar-refractivity contribution is 0.0530. The van der Waals surface area contributed by atoms with Crippen molar-refractivity contribution in [1.82, 2.24) is 5.32 Å². The Hall–Kier alpha value is -2.22. The molecule has 0 aliphatic rings. The third-order valence-electron chi connectivity index (χ3n) is 2.14. The van der Waals surface area contributed by atoms with Crippen LogP contribution in [0, 0.1) is 11.3 Å². The van der Waals surface area contributed by atoms with Crippen LogP contribution in [0.25, 0.3) is 0 Å². The Morgan fingerprint density at radius 1 is 1.26 bits per heavy atom. The van der Waals surface area contributed by atoms with E-state index in [0.29, 0.717) is 18.7 Å². The molecule has 0 aliphatic heterocycles. The Balaban J connectivity index is 2.24. The predicted octanol–water partition coefficient (Wildman–Crippen LogP) is 2.49. The van der Waals surface area contributed by atoms with Crippen LogP contribution in [0.5, 0.6) is 0 Å². The molecular weight excluding hydrogens is 242 g/mol. The second kappa shape index (κ2) is 6.64. The molecule has 0 heterocycles. The Morgan fingerprint density at radius 3 is 2.42 bits per heavy atom. The number of alkyl carbamates (subject to hydrolysis) is 1. The van der Waals surface area contributed by atoms with Crippen molar-refractivity contribution < 1.29 is 9.53 Å². The van der Waals surface area contributed by atoms with E-state index in [9.17, 15) is 4.79 Å². The summed E-state index contributed by atoms with van der Waals surface area (Å²) >= 11 is 0. The Kier molecular flexibility index (Phi) is 5.19. The van der Waals surface area contributed by atoms with Crippen LogP contribution in [-0.2, 0) is 4.74 Å². The zero-order valence-electron chi connectivity index (χ0n) is 11.5. The van der Waals surface area contributed by atoms with Gasteiger partial charge in [0.1, 0.15) is 5.60 Å². The Labute approximate surface area is 113 Å². The number of nitrogens with zero attached hydrogens (tertiary/aromatic N) is 1. The number of amides is 1. The molecule has 5 heteroatoms. The molecule has 1 aromatic rings. The lowest BCUT2D eigenvalue weighted by Gasteiger charge is -2.19. The molecule has 1 aromatic carbocycles. The SMILES string of the molecule is CC(C)(C)OC(=O)NCCNc1ccc(C#N)cc1. The van der Waals surface area contributed by atoms with Gasteiger partial charge in [0.25, 0.3) is 0 Å². The molecule has 0 saturated carbocycles. The Morgan fingerprint density at radius 2 is 1.89 bits per heavy atom. The number of nitriles is 1. The minimum absolute atomic E-state index is 0.422. The van der Waals surface area contributed by atoms with Crippen molar-refractivity contribution in [1.29, 1.82) is 5.26 Å². The molecule has 2 N–H and O–H groups in total. The summed E-state index contributed by atoms with van der Waals surface area (Å²) in [7, 11) is 0. The van der Waals surface area contributed by atoms with Gasteiger partial charge >= 0.3 is 6.09 Å². The number of benzene rings is 1. The first kappa shape index (κ1) is 14.8. The smallest absolute Gasteiger partial charge is 0.407 e. The molecule has 1 amide bonds. The number of hydrogen-bond acceptors (Lipinski definition) is 4. The molecule has 0 radical (unpaired) electrons. The number of carbonyl (C=O) groups excluding carboxylic acids is 1. The Bertz CT molecular complexity index is 455. The topological polar surface area (TPSA) is 74.2 Å². The van der Waals surface area contributed by atoms with Crippen LogP contribution in [0.3, 0.4) is 0 Å². The molecular formula is C14H19N3O2. The van der Waals surface area contributed by atoms with E-state index in [1.54, 1.807) is 12.1 Å². The fourth-order valence-electron chi connectivity index (χ4n) is 1.35. The van der Waals surface area contributed by atoms with Gasteiger partial charge in [-0.05, 0) is 45.0 Å². The maximum Gasteiger partial charge on any atom is 0.407 e. The summed E-state index contributed by atoms with van der Waals surface area (Å²) in [6.45, 7) is 6.52. The van der Waals surface area contributed by atoms with Crippen molar-refractivity contribution in [2.45, 2.75) is 26.4 Å². The summed E-state index contributed by atoms with van der Waals surface area (Å²) in [5.41, 5.74) is 1.05. The van der Waals surface area contributed by atoms with E-state index in [0.717, 1.165) is 5.69 Å². The van der Waals surface area contributed by atoms with E-state index in [2.05, 4.69) is 16.7 Å². The quantitative estimate of drug-likeness (QED) is 0.817. The lowest BCUT2D eigenvalue weighted by Crippen LogP contribution is -2.34. The minimum Gasteiger partial charge on any atom is -0.444 e. The first-order valence-electron chi connectivity index (χ1n) is 6.11. The first-order valence-corrected chi connectivity index (χ1v) is 6.11. The summed E-state index contributed by atoms with van der Waals surface area (Å²) in [6, 6.07) is 9.19. The highest BCUT2D eigenvalue weighted by atomic mass is 16.6. The second-order valence-corrected chi connectivity index (χ2v) is 5.04. The van der Waals surface area contributed by atoms with E-state index < -0.39 is 11.7 Å². The average molecular weight is 261 g/mol. The van der Waals surface area contributed by atoms with Crippen LogP contribution in [0.2, 0.25) is 0 Å². The summed E-state index contributed by atoms with van der Waals surface area (Å²) in [6.07, 6.45) is -0.422. The third kappa shape index (κ3) is 6.32. The van der Waals surface area contributed by atoms with Gasteiger partial charge in [0.15, 0.2) is 0 Å². The van der Waals surface area contributed by atoms with E-state index in [1.807, 2.05) is 32.9 Å². The molecule has 102 valence electrons. The van der Waals surface area contributed by atoms with Crippen molar-refractivity contribution >= 4 is 11.8 Å². The van der Waals surface area contributed by atoms with Crippen LogP contribution in [0.1, 0.15) is 26.3 Å². The van der Waals surface area contributed by atoms with Crippen molar-refractivity contribution in [3.8, 4) is 6.07 Å². The molecule has 0 unspecified atom stereocenters. The first-order chi connectivity index (χ1) is 8.90. The zero-order valence-corrected chi connectivity index (χ0v) is 11.5. The third-order valence-corrected chi connectivity index (χ3v) is 2.14. The molecule has 0 spiro atoms. The summed E-state index contributed by atoms with van der Waals surface area (Å²) in [5, 5.41) is 14.5. The number of anilines is 1. The van der Waals surface area contributed by atoms with Gasteiger partial charge in [-0.2, -0.15) is 5.26 Å². The van der Waals surface area contributed by atoms with Gasteiger partial charge in [0, 0.05) is 18.8 Å². The molecule has 0 aromatic heterocycles. The molecule has 1 rings (SSSR count). The molecule has 0 aliphatic carbocycles. The van der Waals surface area contributed by atoms with Crippen molar-refractivity contribution in [2.24, 2.45) is 0 Å². The summed E-state index contributed by atoms with van der Waals surface area (Å²) in [4.78, 5) is 11.4. The highest BCUT2D eigenvalue weighted by Gasteiger charge is 2.15. The van der Waals surface area contributed by atoms with Crippen LogP contribution in [-0.4, -0.2) is 24.8 Å².